The van der Waals surface area contributed by atoms with Crippen molar-refractivity contribution >= 4 is 23.3 Å². The lowest BCUT2D eigenvalue weighted by atomic mass is 9.69. The van der Waals surface area contributed by atoms with Crippen LogP contribution in [0.15, 0.2) is 18.3 Å². The van der Waals surface area contributed by atoms with Gasteiger partial charge in [-0.3, -0.25) is 4.79 Å². The second-order valence-electron chi connectivity index (χ2n) is 8.56. The predicted octanol–water partition coefficient (Wildman–Crippen LogP) is 4.24. The lowest BCUT2D eigenvalue weighted by Gasteiger charge is -2.40. The minimum Gasteiger partial charge on any atom is -0.353 e. The Bertz CT molecular complexity index is 597. The molecular weight excluding hydrogens is 334 g/mol. The molecule has 1 amide bonds. The summed E-state index contributed by atoms with van der Waals surface area (Å²) >= 11 is 6.06. The molecule has 0 radical (unpaired) electrons. The van der Waals surface area contributed by atoms with Gasteiger partial charge in [-0.2, -0.15) is 0 Å². The number of anilines is 1. The van der Waals surface area contributed by atoms with Crippen molar-refractivity contribution in [2.45, 2.75) is 46.5 Å². The molecule has 5 heteroatoms. The first-order valence-corrected chi connectivity index (χ1v) is 9.87. The van der Waals surface area contributed by atoms with Crippen LogP contribution in [0.5, 0.6) is 0 Å². The highest BCUT2D eigenvalue weighted by Crippen LogP contribution is 2.40. The van der Waals surface area contributed by atoms with E-state index in [0.717, 1.165) is 50.8 Å². The van der Waals surface area contributed by atoms with Crippen molar-refractivity contribution in [2.24, 2.45) is 17.3 Å². The van der Waals surface area contributed by atoms with Crippen molar-refractivity contribution in [3.63, 3.8) is 0 Å². The van der Waals surface area contributed by atoms with Crippen LogP contribution in [0.4, 0.5) is 5.82 Å². The predicted molar refractivity (Wildman–Crippen MR) is 103 cm³/mol. The van der Waals surface area contributed by atoms with Crippen molar-refractivity contribution < 1.29 is 4.79 Å². The van der Waals surface area contributed by atoms with Crippen LogP contribution in [0.3, 0.4) is 0 Å². The van der Waals surface area contributed by atoms with E-state index in [4.69, 9.17) is 11.6 Å². The Balaban J connectivity index is 1.51. The summed E-state index contributed by atoms with van der Waals surface area (Å²) in [4.78, 5) is 21.5. The van der Waals surface area contributed by atoms with Gasteiger partial charge >= 0.3 is 0 Å². The number of hydrogen-bond donors (Lipinski definition) is 0. The van der Waals surface area contributed by atoms with Crippen LogP contribution in [0.1, 0.15) is 46.5 Å². The molecule has 1 aliphatic heterocycles. The van der Waals surface area contributed by atoms with Crippen LogP contribution in [0.25, 0.3) is 0 Å². The number of amides is 1. The maximum absolute atomic E-state index is 12.9. The molecule has 0 unspecified atom stereocenters. The van der Waals surface area contributed by atoms with E-state index < -0.39 is 0 Å². The van der Waals surface area contributed by atoms with Gasteiger partial charge in [0.2, 0.25) is 5.91 Å². The number of carbonyl (C=O) groups is 1. The quantitative estimate of drug-likeness (QED) is 0.788. The maximum Gasteiger partial charge on any atom is 0.225 e. The van der Waals surface area contributed by atoms with Gasteiger partial charge in [0.05, 0.1) is 0 Å². The average Bonchev–Trinajstić information content (AvgIpc) is 2.61. The van der Waals surface area contributed by atoms with E-state index in [1.165, 1.54) is 12.8 Å². The molecule has 3 rings (SSSR count). The second-order valence-corrected chi connectivity index (χ2v) is 9.00. The largest absolute Gasteiger partial charge is 0.353 e. The monoisotopic (exact) mass is 363 g/mol. The van der Waals surface area contributed by atoms with E-state index in [-0.39, 0.29) is 5.92 Å². The highest BCUT2D eigenvalue weighted by Gasteiger charge is 2.34. The van der Waals surface area contributed by atoms with E-state index in [2.05, 4.69) is 35.6 Å². The minimum absolute atomic E-state index is 0.231. The number of aromatic nitrogens is 1. The fourth-order valence-corrected chi connectivity index (χ4v) is 4.34. The third-order valence-corrected chi connectivity index (χ3v) is 6.16. The van der Waals surface area contributed by atoms with Gasteiger partial charge in [-0.1, -0.05) is 32.4 Å². The Kier molecular flexibility index (Phi) is 5.57. The number of halogens is 1. The summed E-state index contributed by atoms with van der Waals surface area (Å²) in [7, 11) is 0. The molecule has 0 N–H and O–H groups in total. The van der Waals surface area contributed by atoms with Crippen LogP contribution >= 0.6 is 11.6 Å². The van der Waals surface area contributed by atoms with Gasteiger partial charge in [0.25, 0.3) is 0 Å². The standard InChI is InChI=1S/C20H30ClN3O/c1-20(2,3)16-6-4-15(5-7-16)19(25)24-12-10-23(11-13-24)18-14-17(21)8-9-22-18/h8-9,14-16H,4-7,10-13H2,1-3H3. The SMILES string of the molecule is CC(C)(C)C1CCC(C(=O)N2CCN(c3cc(Cl)ccn3)CC2)CC1. The number of rotatable bonds is 2. The fraction of sp³-hybridized carbons (Fsp3) is 0.700. The number of hydrogen-bond acceptors (Lipinski definition) is 3. The summed E-state index contributed by atoms with van der Waals surface area (Å²) in [6, 6.07) is 3.69. The Morgan fingerprint density at radius 1 is 1.12 bits per heavy atom. The summed E-state index contributed by atoms with van der Waals surface area (Å²) < 4.78 is 0. The molecule has 2 heterocycles. The van der Waals surface area contributed by atoms with Crippen molar-refractivity contribution in [3.8, 4) is 0 Å². The molecule has 4 nitrogen and oxygen atoms in total. The zero-order chi connectivity index (χ0) is 18.0. The molecule has 1 aromatic rings. The number of carbonyl (C=O) groups excluding carboxylic acids is 1. The molecular formula is C20H30ClN3O. The van der Waals surface area contributed by atoms with Gasteiger partial charge in [0.1, 0.15) is 5.82 Å². The summed E-state index contributed by atoms with van der Waals surface area (Å²) in [6.07, 6.45) is 6.22. The highest BCUT2D eigenvalue weighted by molar-refractivity contribution is 6.30. The van der Waals surface area contributed by atoms with Gasteiger partial charge in [-0.25, -0.2) is 4.98 Å². The van der Waals surface area contributed by atoms with E-state index in [1.54, 1.807) is 12.3 Å². The smallest absolute Gasteiger partial charge is 0.225 e. The third-order valence-electron chi connectivity index (χ3n) is 5.92. The number of piperazine rings is 1. The molecule has 0 spiro atoms. The van der Waals surface area contributed by atoms with Crippen LogP contribution in [0.2, 0.25) is 5.02 Å². The zero-order valence-corrected chi connectivity index (χ0v) is 16.4. The van der Waals surface area contributed by atoms with Crippen molar-refractivity contribution in [1.29, 1.82) is 0 Å². The van der Waals surface area contributed by atoms with Gasteiger partial charge in [-0.15, -0.1) is 0 Å². The Hall–Kier alpha value is -1.29. The Morgan fingerprint density at radius 2 is 1.76 bits per heavy atom. The fourth-order valence-electron chi connectivity index (χ4n) is 4.19. The summed E-state index contributed by atoms with van der Waals surface area (Å²) in [5.41, 5.74) is 0.365. The van der Waals surface area contributed by atoms with Crippen molar-refractivity contribution in [3.05, 3.63) is 23.4 Å². The first kappa shape index (κ1) is 18.5. The molecule has 0 aromatic carbocycles. The Morgan fingerprint density at radius 3 is 2.32 bits per heavy atom. The molecule has 2 aliphatic rings. The Labute approximate surface area is 156 Å². The molecule has 1 saturated heterocycles. The van der Waals surface area contributed by atoms with Gasteiger partial charge in [0, 0.05) is 43.3 Å². The lowest BCUT2D eigenvalue weighted by Crippen LogP contribution is -2.51. The van der Waals surface area contributed by atoms with Crippen LogP contribution < -0.4 is 4.90 Å². The van der Waals surface area contributed by atoms with E-state index >= 15 is 0 Å². The molecule has 25 heavy (non-hydrogen) atoms. The van der Waals surface area contributed by atoms with Crippen LogP contribution in [0, 0.1) is 17.3 Å². The van der Waals surface area contributed by atoms with Crippen LogP contribution in [-0.4, -0.2) is 42.0 Å². The highest BCUT2D eigenvalue weighted by atomic mass is 35.5. The molecule has 1 saturated carbocycles. The van der Waals surface area contributed by atoms with Gasteiger partial charge < -0.3 is 9.80 Å². The van der Waals surface area contributed by atoms with E-state index in [9.17, 15) is 4.79 Å². The average molecular weight is 364 g/mol. The molecule has 0 atom stereocenters. The molecule has 1 aliphatic carbocycles. The summed E-state index contributed by atoms with van der Waals surface area (Å²) in [6.45, 7) is 10.2. The maximum atomic E-state index is 12.9. The summed E-state index contributed by atoms with van der Waals surface area (Å²) in [5.74, 6) is 2.26. The molecule has 2 fully saturated rings. The van der Waals surface area contributed by atoms with Gasteiger partial charge in [0.15, 0.2) is 0 Å². The van der Waals surface area contributed by atoms with Crippen molar-refractivity contribution in [1.82, 2.24) is 9.88 Å². The van der Waals surface area contributed by atoms with Crippen LogP contribution in [-0.2, 0) is 4.79 Å². The normalized spacial score (nSPS) is 25.1. The molecule has 138 valence electrons. The topological polar surface area (TPSA) is 36.4 Å². The van der Waals surface area contributed by atoms with E-state index in [0.29, 0.717) is 16.3 Å². The number of nitrogens with zero attached hydrogens (tertiary/aromatic N) is 3. The first-order chi connectivity index (χ1) is 11.8. The van der Waals surface area contributed by atoms with Gasteiger partial charge in [-0.05, 0) is 49.1 Å². The lowest BCUT2D eigenvalue weighted by molar-refractivity contribution is -0.137. The minimum atomic E-state index is 0.231. The number of pyridine rings is 1. The molecule has 1 aromatic heterocycles. The first-order valence-electron chi connectivity index (χ1n) is 9.50. The zero-order valence-electron chi connectivity index (χ0n) is 15.7. The van der Waals surface area contributed by atoms with Crippen molar-refractivity contribution in [2.75, 3.05) is 31.1 Å². The summed E-state index contributed by atoms with van der Waals surface area (Å²) in [5, 5.41) is 0.708. The second kappa shape index (κ2) is 7.53. The third kappa shape index (κ3) is 4.46. The van der Waals surface area contributed by atoms with E-state index in [1.807, 2.05) is 6.07 Å². The molecule has 0 bridgehead atoms.